The quantitative estimate of drug-likeness (QED) is 0.848. The number of nitrogens with zero attached hydrogens (tertiary/aromatic N) is 2. The Hall–Kier alpha value is -1.51. The average molecular weight is 288 g/mol. The highest BCUT2D eigenvalue weighted by molar-refractivity contribution is 5.79. The molecule has 1 fully saturated rings. The molecule has 116 valence electrons. The second kappa shape index (κ2) is 6.97. The fourth-order valence-electron chi connectivity index (χ4n) is 3.22. The maximum atomic E-state index is 12.4. The molecule has 0 N–H and O–H groups in total. The number of hydrogen-bond acceptors (Lipinski definition) is 2. The third-order valence-electron chi connectivity index (χ3n) is 4.62. The number of benzene rings is 1. The van der Waals surface area contributed by atoms with Gasteiger partial charge >= 0.3 is 0 Å². The highest BCUT2D eigenvalue weighted by Gasteiger charge is 2.25. The molecule has 0 atom stereocenters. The normalized spacial score (nSPS) is 15.7. The van der Waals surface area contributed by atoms with E-state index in [9.17, 15) is 4.79 Å². The van der Waals surface area contributed by atoms with Crippen LogP contribution in [0, 0.1) is 19.8 Å². The molecule has 1 amide bonds. The first kappa shape index (κ1) is 15.9. The van der Waals surface area contributed by atoms with Gasteiger partial charge in [-0.3, -0.25) is 4.79 Å². The lowest BCUT2D eigenvalue weighted by atomic mass is 10.0. The van der Waals surface area contributed by atoms with Gasteiger partial charge in [-0.05, 0) is 38.3 Å². The maximum Gasteiger partial charge on any atom is 0.225 e. The van der Waals surface area contributed by atoms with Crippen LogP contribution in [0.2, 0.25) is 0 Å². The Morgan fingerprint density at radius 3 is 2.24 bits per heavy atom. The molecule has 0 aliphatic carbocycles. The van der Waals surface area contributed by atoms with E-state index in [1.54, 1.807) is 0 Å². The van der Waals surface area contributed by atoms with Crippen molar-refractivity contribution in [1.29, 1.82) is 0 Å². The summed E-state index contributed by atoms with van der Waals surface area (Å²) >= 11 is 0. The zero-order valence-corrected chi connectivity index (χ0v) is 13.9. The van der Waals surface area contributed by atoms with Crippen molar-refractivity contribution in [2.75, 3.05) is 31.1 Å². The van der Waals surface area contributed by atoms with E-state index >= 15 is 0 Å². The molecule has 3 nitrogen and oxygen atoms in total. The summed E-state index contributed by atoms with van der Waals surface area (Å²) in [4.78, 5) is 16.9. The minimum Gasteiger partial charge on any atom is -0.368 e. The van der Waals surface area contributed by atoms with Gasteiger partial charge in [-0.25, -0.2) is 0 Å². The van der Waals surface area contributed by atoms with Gasteiger partial charge in [0.05, 0.1) is 0 Å². The SMILES string of the molecule is CCC(CC)C(=O)N1CCN(c2ccc(C)cc2C)CC1. The van der Waals surface area contributed by atoms with Crippen LogP contribution in [0.1, 0.15) is 37.8 Å². The molecule has 0 aromatic heterocycles. The van der Waals surface area contributed by atoms with E-state index in [-0.39, 0.29) is 5.92 Å². The lowest BCUT2D eigenvalue weighted by Gasteiger charge is -2.38. The molecule has 1 heterocycles. The third-order valence-corrected chi connectivity index (χ3v) is 4.62. The molecule has 1 aliphatic heterocycles. The predicted octanol–water partition coefficient (Wildman–Crippen LogP) is 3.39. The number of amides is 1. The van der Waals surface area contributed by atoms with E-state index in [0.717, 1.165) is 39.0 Å². The monoisotopic (exact) mass is 288 g/mol. The van der Waals surface area contributed by atoms with Crippen LogP contribution in [0.15, 0.2) is 18.2 Å². The molecule has 3 heteroatoms. The van der Waals surface area contributed by atoms with Gasteiger partial charge in [-0.2, -0.15) is 0 Å². The number of aryl methyl sites for hydroxylation is 2. The zero-order chi connectivity index (χ0) is 15.4. The Bertz CT molecular complexity index is 486. The first-order chi connectivity index (χ1) is 10.1. The summed E-state index contributed by atoms with van der Waals surface area (Å²) in [5, 5.41) is 0. The molecule has 0 spiro atoms. The van der Waals surface area contributed by atoms with Crippen molar-refractivity contribution in [3.63, 3.8) is 0 Å². The molecule has 1 aromatic rings. The van der Waals surface area contributed by atoms with E-state index in [2.05, 4.69) is 55.7 Å². The van der Waals surface area contributed by atoms with Crippen molar-refractivity contribution >= 4 is 11.6 Å². The predicted molar refractivity (Wildman–Crippen MR) is 88.8 cm³/mol. The standard InChI is InChI=1S/C18H28N2O/c1-5-16(6-2)18(21)20-11-9-19(10-12-20)17-8-7-14(3)13-15(17)4/h7-8,13,16H,5-6,9-12H2,1-4H3. The Balaban J connectivity index is 1.98. The van der Waals surface area contributed by atoms with Gasteiger partial charge in [0.25, 0.3) is 0 Å². The molecule has 0 radical (unpaired) electrons. The van der Waals surface area contributed by atoms with Gasteiger partial charge < -0.3 is 9.80 Å². The second-order valence-electron chi connectivity index (χ2n) is 6.12. The van der Waals surface area contributed by atoms with Crippen molar-refractivity contribution in [1.82, 2.24) is 4.90 Å². The Labute approximate surface area is 128 Å². The molecular weight excluding hydrogens is 260 g/mol. The number of rotatable bonds is 4. The molecule has 1 aromatic carbocycles. The van der Waals surface area contributed by atoms with Crippen LogP contribution >= 0.6 is 0 Å². The molecule has 1 aliphatic rings. The van der Waals surface area contributed by atoms with Crippen molar-refractivity contribution in [2.45, 2.75) is 40.5 Å². The fourth-order valence-corrected chi connectivity index (χ4v) is 3.22. The number of carbonyl (C=O) groups excluding carboxylic acids is 1. The Morgan fingerprint density at radius 1 is 1.10 bits per heavy atom. The van der Waals surface area contributed by atoms with E-state index in [4.69, 9.17) is 0 Å². The summed E-state index contributed by atoms with van der Waals surface area (Å²) in [6, 6.07) is 6.62. The van der Waals surface area contributed by atoms with Crippen LogP contribution in [0.4, 0.5) is 5.69 Å². The van der Waals surface area contributed by atoms with E-state index in [1.165, 1.54) is 16.8 Å². The summed E-state index contributed by atoms with van der Waals surface area (Å²) in [5.41, 5.74) is 3.95. The summed E-state index contributed by atoms with van der Waals surface area (Å²) < 4.78 is 0. The number of anilines is 1. The minimum absolute atomic E-state index is 0.206. The number of carbonyl (C=O) groups is 1. The van der Waals surface area contributed by atoms with Gasteiger partial charge in [0, 0.05) is 37.8 Å². The number of hydrogen-bond donors (Lipinski definition) is 0. The molecule has 21 heavy (non-hydrogen) atoms. The van der Waals surface area contributed by atoms with Gasteiger partial charge in [0.15, 0.2) is 0 Å². The van der Waals surface area contributed by atoms with Crippen molar-refractivity contribution in [2.24, 2.45) is 5.92 Å². The van der Waals surface area contributed by atoms with Crippen LogP contribution in [0.3, 0.4) is 0 Å². The lowest BCUT2D eigenvalue weighted by Crippen LogP contribution is -2.50. The lowest BCUT2D eigenvalue weighted by molar-refractivity contribution is -0.136. The number of piperazine rings is 1. The highest BCUT2D eigenvalue weighted by Crippen LogP contribution is 2.23. The molecule has 0 saturated carbocycles. The minimum atomic E-state index is 0.206. The molecule has 2 rings (SSSR count). The molecule has 1 saturated heterocycles. The summed E-state index contributed by atoms with van der Waals surface area (Å²) in [6.07, 6.45) is 1.90. The van der Waals surface area contributed by atoms with E-state index in [1.807, 2.05) is 0 Å². The average Bonchev–Trinajstić information content (AvgIpc) is 2.48. The van der Waals surface area contributed by atoms with Gasteiger partial charge in [-0.1, -0.05) is 31.5 Å². The first-order valence-electron chi connectivity index (χ1n) is 8.17. The smallest absolute Gasteiger partial charge is 0.225 e. The Morgan fingerprint density at radius 2 is 1.71 bits per heavy atom. The third kappa shape index (κ3) is 3.58. The largest absolute Gasteiger partial charge is 0.368 e. The topological polar surface area (TPSA) is 23.6 Å². The van der Waals surface area contributed by atoms with Crippen molar-refractivity contribution < 1.29 is 4.79 Å². The van der Waals surface area contributed by atoms with E-state index in [0.29, 0.717) is 5.91 Å². The van der Waals surface area contributed by atoms with Crippen LogP contribution in [-0.2, 0) is 4.79 Å². The maximum absolute atomic E-state index is 12.4. The second-order valence-corrected chi connectivity index (χ2v) is 6.12. The van der Waals surface area contributed by atoms with Gasteiger partial charge in [0.1, 0.15) is 0 Å². The Kier molecular flexibility index (Phi) is 5.27. The van der Waals surface area contributed by atoms with Crippen molar-refractivity contribution in [3.05, 3.63) is 29.3 Å². The highest BCUT2D eigenvalue weighted by atomic mass is 16.2. The van der Waals surface area contributed by atoms with Crippen molar-refractivity contribution in [3.8, 4) is 0 Å². The van der Waals surface area contributed by atoms with Gasteiger partial charge in [-0.15, -0.1) is 0 Å². The van der Waals surface area contributed by atoms with Crippen LogP contribution in [0.25, 0.3) is 0 Å². The molecular formula is C18H28N2O. The van der Waals surface area contributed by atoms with Crippen LogP contribution in [-0.4, -0.2) is 37.0 Å². The van der Waals surface area contributed by atoms with Gasteiger partial charge in [0.2, 0.25) is 5.91 Å². The summed E-state index contributed by atoms with van der Waals surface area (Å²) in [7, 11) is 0. The van der Waals surface area contributed by atoms with E-state index < -0.39 is 0 Å². The zero-order valence-electron chi connectivity index (χ0n) is 13.9. The summed E-state index contributed by atoms with van der Waals surface area (Å²) in [5.74, 6) is 0.554. The molecule has 0 bridgehead atoms. The van der Waals surface area contributed by atoms with Crippen LogP contribution in [0.5, 0.6) is 0 Å². The van der Waals surface area contributed by atoms with Crippen LogP contribution < -0.4 is 4.90 Å². The fraction of sp³-hybridized carbons (Fsp3) is 0.611. The summed E-state index contributed by atoms with van der Waals surface area (Å²) in [6.45, 7) is 12.1. The molecule has 0 unspecified atom stereocenters. The first-order valence-corrected chi connectivity index (χ1v) is 8.17.